The fraction of sp³-hybridized carbons (Fsp3) is 0.143. The molecule has 2 aromatic carbocycles. The predicted molar refractivity (Wildman–Crippen MR) is 111 cm³/mol. The van der Waals surface area contributed by atoms with E-state index in [4.69, 9.17) is 11.6 Å². The first-order chi connectivity index (χ1) is 13.3. The Morgan fingerprint density at radius 3 is 2.46 bits per heavy atom. The lowest BCUT2D eigenvalue weighted by Gasteiger charge is -2.10. The van der Waals surface area contributed by atoms with Crippen molar-refractivity contribution in [3.8, 4) is 0 Å². The van der Waals surface area contributed by atoms with Gasteiger partial charge in [-0.25, -0.2) is 9.97 Å². The number of anilines is 3. The van der Waals surface area contributed by atoms with E-state index in [9.17, 15) is 9.59 Å². The number of halogens is 1. The molecule has 0 fully saturated rings. The monoisotopic (exact) mass is 394 g/mol. The van der Waals surface area contributed by atoms with Gasteiger partial charge in [-0.3, -0.25) is 9.59 Å². The number of rotatable bonds is 5. The van der Waals surface area contributed by atoms with Gasteiger partial charge in [0.05, 0.1) is 0 Å². The molecule has 0 spiro atoms. The molecule has 0 aliphatic rings. The van der Waals surface area contributed by atoms with Gasteiger partial charge < -0.3 is 10.6 Å². The van der Waals surface area contributed by atoms with Gasteiger partial charge in [0.15, 0.2) is 5.78 Å². The summed E-state index contributed by atoms with van der Waals surface area (Å²) in [6, 6.07) is 13.9. The molecule has 0 unspecified atom stereocenters. The zero-order chi connectivity index (χ0) is 20.3. The number of aryl methyl sites for hydroxylation is 2. The van der Waals surface area contributed by atoms with Gasteiger partial charge in [0.2, 0.25) is 0 Å². The van der Waals surface area contributed by atoms with Crippen LogP contribution in [0.3, 0.4) is 0 Å². The first-order valence-corrected chi connectivity index (χ1v) is 9.01. The molecule has 0 radical (unpaired) electrons. The second-order valence-electron chi connectivity index (χ2n) is 6.37. The molecule has 1 amide bonds. The molecule has 1 aromatic heterocycles. The Balaban J connectivity index is 1.82. The van der Waals surface area contributed by atoms with E-state index in [2.05, 4.69) is 20.6 Å². The number of carbonyl (C=O) groups is 2. The lowest BCUT2D eigenvalue weighted by Crippen LogP contribution is -2.15. The molecule has 3 rings (SSSR count). The van der Waals surface area contributed by atoms with Crippen molar-refractivity contribution in [2.24, 2.45) is 0 Å². The molecule has 0 aliphatic heterocycles. The largest absolute Gasteiger partial charge is 0.340 e. The first-order valence-electron chi connectivity index (χ1n) is 8.63. The van der Waals surface area contributed by atoms with Crippen molar-refractivity contribution in [2.45, 2.75) is 20.8 Å². The van der Waals surface area contributed by atoms with E-state index in [0.717, 1.165) is 5.56 Å². The van der Waals surface area contributed by atoms with E-state index >= 15 is 0 Å². The normalized spacial score (nSPS) is 10.4. The molecule has 0 bridgehead atoms. The van der Waals surface area contributed by atoms with Crippen molar-refractivity contribution in [1.29, 1.82) is 0 Å². The van der Waals surface area contributed by atoms with E-state index in [1.165, 1.54) is 6.92 Å². The van der Waals surface area contributed by atoms with Crippen LogP contribution in [-0.4, -0.2) is 21.7 Å². The Bertz CT molecular complexity index is 1070. The maximum atomic E-state index is 12.6. The van der Waals surface area contributed by atoms with Gasteiger partial charge in [-0.15, -0.1) is 0 Å². The van der Waals surface area contributed by atoms with Gasteiger partial charge >= 0.3 is 0 Å². The fourth-order valence-corrected chi connectivity index (χ4v) is 2.76. The van der Waals surface area contributed by atoms with Gasteiger partial charge in [0.1, 0.15) is 17.3 Å². The molecule has 0 saturated heterocycles. The average molecular weight is 395 g/mol. The number of nitrogens with zero attached hydrogens (tertiary/aromatic N) is 2. The van der Waals surface area contributed by atoms with Crippen molar-refractivity contribution in [1.82, 2.24) is 9.97 Å². The molecule has 6 nitrogen and oxygen atoms in total. The summed E-state index contributed by atoms with van der Waals surface area (Å²) in [6.45, 7) is 5.10. The highest BCUT2D eigenvalue weighted by Gasteiger charge is 2.12. The third-order valence-electron chi connectivity index (χ3n) is 4.04. The van der Waals surface area contributed by atoms with Crippen molar-refractivity contribution >= 4 is 40.5 Å². The summed E-state index contributed by atoms with van der Waals surface area (Å²) in [5.41, 5.74) is 3.01. The molecule has 142 valence electrons. The number of aromatic nitrogens is 2. The lowest BCUT2D eigenvalue weighted by atomic mass is 10.1. The Hall–Kier alpha value is -3.25. The Labute approximate surface area is 168 Å². The molecule has 0 aliphatic carbocycles. The van der Waals surface area contributed by atoms with Crippen molar-refractivity contribution in [3.63, 3.8) is 0 Å². The second kappa shape index (κ2) is 8.19. The Morgan fingerprint density at radius 2 is 1.75 bits per heavy atom. The number of hydrogen-bond acceptors (Lipinski definition) is 5. The van der Waals surface area contributed by atoms with Crippen LogP contribution in [0, 0.1) is 13.8 Å². The average Bonchev–Trinajstić information content (AvgIpc) is 2.64. The highest BCUT2D eigenvalue weighted by atomic mass is 35.5. The summed E-state index contributed by atoms with van der Waals surface area (Å²) in [5, 5.41) is 6.47. The van der Waals surface area contributed by atoms with Crippen LogP contribution in [0.25, 0.3) is 0 Å². The molecule has 1 heterocycles. The highest BCUT2D eigenvalue weighted by Crippen LogP contribution is 2.21. The SMILES string of the molecule is CC(=O)c1cccc(Nc2cc(C(=O)Nc3ccc(C)c(Cl)c3)nc(C)n2)c1. The zero-order valence-corrected chi connectivity index (χ0v) is 16.5. The number of ketones is 1. The van der Waals surface area contributed by atoms with Gasteiger partial charge in [0.25, 0.3) is 5.91 Å². The Morgan fingerprint density at radius 1 is 0.964 bits per heavy atom. The summed E-state index contributed by atoms with van der Waals surface area (Å²) < 4.78 is 0. The number of benzene rings is 2. The zero-order valence-electron chi connectivity index (χ0n) is 15.7. The van der Waals surface area contributed by atoms with Crippen LogP contribution in [0.4, 0.5) is 17.2 Å². The Kier molecular flexibility index (Phi) is 5.70. The molecular weight excluding hydrogens is 376 g/mol. The molecule has 0 atom stereocenters. The standard InChI is InChI=1S/C21H19ClN4O2/c1-12-7-8-17(10-18(12)22)26-21(28)19-11-20(24-14(3)23-19)25-16-6-4-5-15(9-16)13(2)27/h4-11H,1-3H3,(H,26,28)(H,23,24,25). The van der Waals surface area contributed by atoms with Crippen LogP contribution in [-0.2, 0) is 0 Å². The maximum Gasteiger partial charge on any atom is 0.274 e. The van der Waals surface area contributed by atoms with Crippen LogP contribution in [0.1, 0.15) is 39.2 Å². The minimum absolute atomic E-state index is 0.0284. The van der Waals surface area contributed by atoms with Gasteiger partial charge in [0, 0.05) is 28.0 Å². The van der Waals surface area contributed by atoms with E-state index < -0.39 is 0 Å². The maximum absolute atomic E-state index is 12.6. The van der Waals surface area contributed by atoms with Crippen LogP contribution < -0.4 is 10.6 Å². The van der Waals surface area contributed by atoms with E-state index in [-0.39, 0.29) is 17.4 Å². The molecule has 3 aromatic rings. The third-order valence-corrected chi connectivity index (χ3v) is 4.45. The second-order valence-corrected chi connectivity index (χ2v) is 6.77. The predicted octanol–water partition coefficient (Wildman–Crippen LogP) is 4.95. The summed E-state index contributed by atoms with van der Waals surface area (Å²) in [5.74, 6) is 0.505. The quantitative estimate of drug-likeness (QED) is 0.598. The fourth-order valence-electron chi connectivity index (χ4n) is 2.58. The van der Waals surface area contributed by atoms with Gasteiger partial charge in [-0.2, -0.15) is 0 Å². The summed E-state index contributed by atoms with van der Waals surface area (Å²) >= 11 is 6.11. The number of nitrogens with one attached hydrogen (secondary N) is 2. The molecule has 28 heavy (non-hydrogen) atoms. The van der Waals surface area contributed by atoms with Crippen LogP contribution in [0.2, 0.25) is 5.02 Å². The topological polar surface area (TPSA) is 84.0 Å². The highest BCUT2D eigenvalue weighted by molar-refractivity contribution is 6.31. The number of carbonyl (C=O) groups excluding carboxylic acids is 2. The molecule has 0 saturated carbocycles. The van der Waals surface area contributed by atoms with Gasteiger partial charge in [-0.05, 0) is 50.6 Å². The van der Waals surface area contributed by atoms with Crippen LogP contribution in [0.15, 0.2) is 48.5 Å². The summed E-state index contributed by atoms with van der Waals surface area (Å²) in [7, 11) is 0. The minimum atomic E-state index is -0.369. The lowest BCUT2D eigenvalue weighted by molar-refractivity contribution is 0.101. The van der Waals surface area contributed by atoms with Crippen molar-refractivity contribution in [2.75, 3.05) is 10.6 Å². The number of Topliss-reactive ketones (excluding diaryl/α,β-unsaturated/α-hetero) is 1. The van der Waals surface area contributed by atoms with Crippen molar-refractivity contribution in [3.05, 3.63) is 76.2 Å². The van der Waals surface area contributed by atoms with E-state index in [0.29, 0.717) is 33.6 Å². The number of amides is 1. The number of hydrogen-bond donors (Lipinski definition) is 2. The van der Waals surface area contributed by atoms with Gasteiger partial charge in [-0.1, -0.05) is 29.8 Å². The third kappa shape index (κ3) is 4.72. The first kappa shape index (κ1) is 19.5. The summed E-state index contributed by atoms with van der Waals surface area (Å²) in [4.78, 5) is 32.7. The summed E-state index contributed by atoms with van der Waals surface area (Å²) in [6.07, 6.45) is 0. The molecule has 2 N–H and O–H groups in total. The van der Waals surface area contributed by atoms with E-state index in [1.807, 2.05) is 19.1 Å². The molecular formula is C21H19ClN4O2. The van der Waals surface area contributed by atoms with Crippen LogP contribution in [0.5, 0.6) is 0 Å². The minimum Gasteiger partial charge on any atom is -0.340 e. The van der Waals surface area contributed by atoms with E-state index in [1.54, 1.807) is 43.3 Å². The molecule has 7 heteroatoms. The smallest absolute Gasteiger partial charge is 0.274 e. The van der Waals surface area contributed by atoms with Crippen molar-refractivity contribution < 1.29 is 9.59 Å². The van der Waals surface area contributed by atoms with Crippen LogP contribution >= 0.6 is 11.6 Å².